The van der Waals surface area contributed by atoms with Crippen LogP contribution in [0.2, 0.25) is 0 Å². The van der Waals surface area contributed by atoms with Crippen molar-refractivity contribution < 1.29 is 14.3 Å². The molecule has 6 nitrogen and oxygen atoms in total. The molecule has 2 fully saturated rings. The van der Waals surface area contributed by atoms with Crippen molar-refractivity contribution in [2.24, 2.45) is 5.92 Å². The van der Waals surface area contributed by atoms with Crippen LogP contribution in [0.25, 0.3) is 0 Å². The molecule has 2 heterocycles. The lowest BCUT2D eigenvalue weighted by molar-refractivity contribution is -0.127. The standard InChI is InChI=1S/C10H17N3O3/c1-16-8-5-11-4-7(8)13-10(15)6-2-9(14)12-3-6/h6-8,11H,2-5H2,1H3,(H,12,14)(H,13,15)/t6?,7?,8-/m0/s1. The summed E-state index contributed by atoms with van der Waals surface area (Å²) >= 11 is 0. The predicted octanol–water partition coefficient (Wildman–Crippen LogP) is -1.77. The number of nitrogens with one attached hydrogen (secondary N) is 3. The van der Waals surface area contributed by atoms with E-state index in [1.54, 1.807) is 7.11 Å². The first-order valence-corrected chi connectivity index (χ1v) is 5.51. The molecule has 0 aromatic carbocycles. The van der Waals surface area contributed by atoms with E-state index < -0.39 is 0 Å². The highest BCUT2D eigenvalue weighted by Gasteiger charge is 2.33. The summed E-state index contributed by atoms with van der Waals surface area (Å²) in [6.07, 6.45) is 0.318. The maximum atomic E-state index is 11.8. The molecule has 2 aliphatic heterocycles. The lowest BCUT2D eigenvalue weighted by Gasteiger charge is -2.20. The summed E-state index contributed by atoms with van der Waals surface area (Å²) in [6.45, 7) is 1.92. The van der Waals surface area contributed by atoms with Crippen LogP contribution in [0, 0.1) is 5.92 Å². The fourth-order valence-electron chi connectivity index (χ4n) is 2.14. The van der Waals surface area contributed by atoms with Crippen molar-refractivity contribution in [1.82, 2.24) is 16.0 Å². The van der Waals surface area contributed by atoms with Crippen LogP contribution in [-0.4, -0.2) is 50.7 Å². The fourth-order valence-corrected chi connectivity index (χ4v) is 2.14. The zero-order chi connectivity index (χ0) is 11.5. The first-order valence-electron chi connectivity index (χ1n) is 5.51. The molecule has 0 radical (unpaired) electrons. The molecule has 2 aliphatic rings. The molecule has 2 rings (SSSR count). The van der Waals surface area contributed by atoms with Crippen molar-refractivity contribution in [3.8, 4) is 0 Å². The third-order valence-corrected chi connectivity index (χ3v) is 3.14. The van der Waals surface area contributed by atoms with Gasteiger partial charge in [-0.15, -0.1) is 0 Å². The van der Waals surface area contributed by atoms with Gasteiger partial charge in [-0.25, -0.2) is 0 Å². The van der Waals surface area contributed by atoms with E-state index in [1.807, 2.05) is 0 Å². The number of ether oxygens (including phenoxy) is 1. The maximum absolute atomic E-state index is 11.8. The Morgan fingerprint density at radius 3 is 2.88 bits per heavy atom. The van der Waals surface area contributed by atoms with Gasteiger partial charge in [0.2, 0.25) is 11.8 Å². The summed E-state index contributed by atoms with van der Waals surface area (Å²) in [5, 5.41) is 8.73. The van der Waals surface area contributed by atoms with Gasteiger partial charge in [-0.3, -0.25) is 9.59 Å². The van der Waals surface area contributed by atoms with Gasteiger partial charge in [0.05, 0.1) is 18.1 Å². The Balaban J connectivity index is 1.84. The number of methoxy groups -OCH3 is 1. The van der Waals surface area contributed by atoms with Crippen molar-refractivity contribution >= 4 is 11.8 Å². The fraction of sp³-hybridized carbons (Fsp3) is 0.800. The van der Waals surface area contributed by atoms with Gasteiger partial charge in [-0.05, 0) is 0 Å². The van der Waals surface area contributed by atoms with Crippen LogP contribution < -0.4 is 16.0 Å². The second-order valence-corrected chi connectivity index (χ2v) is 4.25. The van der Waals surface area contributed by atoms with Crippen molar-refractivity contribution in [3.05, 3.63) is 0 Å². The van der Waals surface area contributed by atoms with E-state index in [2.05, 4.69) is 16.0 Å². The zero-order valence-electron chi connectivity index (χ0n) is 9.29. The van der Waals surface area contributed by atoms with E-state index in [9.17, 15) is 9.59 Å². The van der Waals surface area contributed by atoms with Crippen LogP contribution >= 0.6 is 0 Å². The highest BCUT2D eigenvalue weighted by molar-refractivity contribution is 5.89. The van der Waals surface area contributed by atoms with E-state index in [0.29, 0.717) is 13.0 Å². The second kappa shape index (κ2) is 4.80. The first kappa shape index (κ1) is 11.3. The Morgan fingerprint density at radius 1 is 1.44 bits per heavy atom. The Bertz CT molecular complexity index is 295. The molecular weight excluding hydrogens is 210 g/mol. The monoisotopic (exact) mass is 227 g/mol. The molecular formula is C10H17N3O3. The van der Waals surface area contributed by atoms with Gasteiger partial charge < -0.3 is 20.7 Å². The highest BCUT2D eigenvalue weighted by Crippen LogP contribution is 2.11. The van der Waals surface area contributed by atoms with Crippen LogP contribution in [0.5, 0.6) is 0 Å². The van der Waals surface area contributed by atoms with Crippen molar-refractivity contribution in [2.45, 2.75) is 18.6 Å². The smallest absolute Gasteiger partial charge is 0.225 e. The summed E-state index contributed by atoms with van der Waals surface area (Å²) in [4.78, 5) is 22.8. The number of hydrogen-bond acceptors (Lipinski definition) is 4. The second-order valence-electron chi connectivity index (χ2n) is 4.25. The molecule has 3 atom stereocenters. The van der Waals surface area contributed by atoms with Crippen LogP contribution in [0.1, 0.15) is 6.42 Å². The minimum Gasteiger partial charge on any atom is -0.378 e. The van der Waals surface area contributed by atoms with Gasteiger partial charge >= 0.3 is 0 Å². The largest absolute Gasteiger partial charge is 0.378 e. The minimum absolute atomic E-state index is 0.00759. The predicted molar refractivity (Wildman–Crippen MR) is 56.7 cm³/mol. The Kier molecular flexibility index (Phi) is 3.40. The molecule has 90 valence electrons. The normalized spacial score (nSPS) is 33.8. The van der Waals surface area contributed by atoms with Gasteiger partial charge in [0, 0.05) is 33.2 Å². The van der Waals surface area contributed by atoms with Gasteiger partial charge in [-0.2, -0.15) is 0 Å². The van der Waals surface area contributed by atoms with E-state index >= 15 is 0 Å². The molecule has 6 heteroatoms. The summed E-state index contributed by atoms with van der Waals surface area (Å²) in [7, 11) is 1.64. The maximum Gasteiger partial charge on any atom is 0.225 e. The van der Waals surface area contributed by atoms with Crippen LogP contribution in [0.15, 0.2) is 0 Å². The molecule has 2 unspecified atom stereocenters. The first-order chi connectivity index (χ1) is 7.70. The molecule has 0 bridgehead atoms. The molecule has 2 amide bonds. The molecule has 16 heavy (non-hydrogen) atoms. The summed E-state index contributed by atoms with van der Waals surface area (Å²) < 4.78 is 5.25. The Morgan fingerprint density at radius 2 is 2.25 bits per heavy atom. The van der Waals surface area contributed by atoms with E-state index in [4.69, 9.17) is 4.74 Å². The van der Waals surface area contributed by atoms with Gasteiger partial charge in [0.25, 0.3) is 0 Å². The highest BCUT2D eigenvalue weighted by atomic mass is 16.5. The third kappa shape index (κ3) is 2.33. The number of amides is 2. The van der Waals surface area contributed by atoms with Crippen molar-refractivity contribution in [3.63, 3.8) is 0 Å². The van der Waals surface area contributed by atoms with Gasteiger partial charge in [0.1, 0.15) is 0 Å². The van der Waals surface area contributed by atoms with Crippen molar-refractivity contribution in [2.75, 3.05) is 26.7 Å². The SMILES string of the molecule is CO[C@H]1CNCC1NC(=O)C1CNC(=O)C1. The number of rotatable bonds is 3. The molecule has 0 aromatic heterocycles. The van der Waals surface area contributed by atoms with Gasteiger partial charge in [0.15, 0.2) is 0 Å². The Labute approximate surface area is 94.1 Å². The Hall–Kier alpha value is -1.14. The molecule has 0 aliphatic carbocycles. The average Bonchev–Trinajstić information content (AvgIpc) is 2.86. The van der Waals surface area contributed by atoms with E-state index in [1.165, 1.54) is 0 Å². The molecule has 0 spiro atoms. The van der Waals surface area contributed by atoms with Crippen LogP contribution in [0.3, 0.4) is 0 Å². The van der Waals surface area contributed by atoms with Gasteiger partial charge in [-0.1, -0.05) is 0 Å². The zero-order valence-corrected chi connectivity index (χ0v) is 9.29. The quantitative estimate of drug-likeness (QED) is 0.533. The molecule has 0 saturated carbocycles. The van der Waals surface area contributed by atoms with E-state index in [-0.39, 0.29) is 29.9 Å². The topological polar surface area (TPSA) is 79.5 Å². The van der Waals surface area contributed by atoms with Crippen molar-refractivity contribution in [1.29, 1.82) is 0 Å². The van der Waals surface area contributed by atoms with Crippen LogP contribution in [0.4, 0.5) is 0 Å². The molecule has 0 aromatic rings. The number of carbonyl (C=O) groups excluding carboxylic acids is 2. The van der Waals surface area contributed by atoms with E-state index in [0.717, 1.165) is 13.1 Å². The molecule has 3 N–H and O–H groups in total. The number of hydrogen-bond donors (Lipinski definition) is 3. The summed E-state index contributed by atoms with van der Waals surface area (Å²) in [5.74, 6) is -0.340. The van der Waals surface area contributed by atoms with Crippen LogP contribution in [-0.2, 0) is 14.3 Å². The third-order valence-electron chi connectivity index (χ3n) is 3.14. The lowest BCUT2D eigenvalue weighted by atomic mass is 10.1. The summed E-state index contributed by atoms with van der Waals surface area (Å²) in [5.41, 5.74) is 0. The minimum atomic E-state index is -0.231. The lowest BCUT2D eigenvalue weighted by Crippen LogP contribution is -2.46. The average molecular weight is 227 g/mol. The summed E-state index contributed by atoms with van der Waals surface area (Å²) in [6, 6.07) is 0.00759. The molecule has 2 saturated heterocycles. The number of carbonyl (C=O) groups is 2.